The molecule has 1 saturated heterocycles. The smallest absolute Gasteiger partial charge is 0.326 e. The number of carbonyl (C=O) groups is 2. The van der Waals surface area contributed by atoms with Gasteiger partial charge in [-0.25, -0.2) is 4.79 Å². The predicted octanol–water partition coefficient (Wildman–Crippen LogP) is 2.92. The number of thioether (sulfide) groups is 1. The van der Waals surface area contributed by atoms with Crippen molar-refractivity contribution in [1.29, 1.82) is 0 Å². The summed E-state index contributed by atoms with van der Waals surface area (Å²) in [6.07, 6.45) is 2.70. The van der Waals surface area contributed by atoms with Gasteiger partial charge < -0.3 is 5.11 Å². The van der Waals surface area contributed by atoms with Gasteiger partial charge in [-0.2, -0.15) is 0 Å². The first-order valence-corrected chi connectivity index (χ1v) is 7.75. The Balaban J connectivity index is 2.25. The van der Waals surface area contributed by atoms with Crippen LogP contribution in [0.25, 0.3) is 6.08 Å². The molecule has 1 aliphatic heterocycles. The fourth-order valence-corrected chi connectivity index (χ4v) is 3.34. The molecule has 6 heteroatoms. The summed E-state index contributed by atoms with van der Waals surface area (Å²) in [4.78, 5) is 24.9. The van der Waals surface area contributed by atoms with Gasteiger partial charge in [-0.1, -0.05) is 55.2 Å². The van der Waals surface area contributed by atoms with Crippen LogP contribution in [0.5, 0.6) is 0 Å². The maximum atomic E-state index is 12.3. The molecule has 1 aromatic rings. The van der Waals surface area contributed by atoms with Gasteiger partial charge in [0.05, 0.1) is 4.91 Å². The first-order chi connectivity index (χ1) is 9.93. The molecule has 21 heavy (non-hydrogen) atoms. The largest absolute Gasteiger partial charge is 0.480 e. The van der Waals surface area contributed by atoms with Gasteiger partial charge in [0.2, 0.25) is 0 Å². The van der Waals surface area contributed by atoms with E-state index < -0.39 is 12.0 Å². The molecule has 0 aliphatic carbocycles. The van der Waals surface area contributed by atoms with Gasteiger partial charge in [0, 0.05) is 0 Å². The molecule has 0 spiro atoms. The van der Waals surface area contributed by atoms with Crippen molar-refractivity contribution in [2.24, 2.45) is 0 Å². The Hall–Kier alpha value is -1.66. The van der Waals surface area contributed by atoms with Crippen LogP contribution < -0.4 is 0 Å². The Morgan fingerprint density at radius 2 is 2.05 bits per heavy atom. The lowest BCUT2D eigenvalue weighted by atomic mass is 10.1. The molecular weight excluding hydrogens is 306 g/mol. The van der Waals surface area contributed by atoms with E-state index in [-0.39, 0.29) is 10.2 Å². The third-order valence-electron chi connectivity index (χ3n) is 3.25. The Bertz CT molecular complexity index is 622. The molecule has 1 amide bonds. The minimum atomic E-state index is -1.07. The van der Waals surface area contributed by atoms with Crippen molar-refractivity contribution < 1.29 is 14.7 Å². The molecule has 1 heterocycles. The first-order valence-electron chi connectivity index (χ1n) is 6.53. The fourth-order valence-electron chi connectivity index (χ4n) is 1.93. The number of thiocarbonyl (C=S) groups is 1. The SMILES string of the molecule is CCc1ccc(/C=C2/SC(=S)N([C@@H](C)C(=O)O)C2=O)cc1. The van der Waals surface area contributed by atoms with Gasteiger partial charge in [0.1, 0.15) is 10.4 Å². The summed E-state index contributed by atoms with van der Waals surface area (Å²) in [5, 5.41) is 9.03. The topological polar surface area (TPSA) is 57.6 Å². The molecule has 1 atom stereocenters. The molecule has 0 bridgehead atoms. The number of amides is 1. The van der Waals surface area contributed by atoms with Crippen LogP contribution in [-0.2, 0) is 16.0 Å². The lowest BCUT2D eigenvalue weighted by Crippen LogP contribution is -2.41. The first kappa shape index (κ1) is 15.7. The maximum Gasteiger partial charge on any atom is 0.326 e. The molecule has 1 fully saturated rings. The molecule has 1 aliphatic rings. The van der Waals surface area contributed by atoms with E-state index in [9.17, 15) is 9.59 Å². The summed E-state index contributed by atoms with van der Waals surface area (Å²) >= 11 is 6.25. The van der Waals surface area contributed by atoms with Gasteiger partial charge >= 0.3 is 5.97 Å². The lowest BCUT2D eigenvalue weighted by molar-refractivity contribution is -0.144. The van der Waals surface area contributed by atoms with E-state index in [1.807, 2.05) is 24.3 Å². The number of hydrogen-bond donors (Lipinski definition) is 1. The Morgan fingerprint density at radius 3 is 2.57 bits per heavy atom. The predicted molar refractivity (Wildman–Crippen MR) is 87.9 cm³/mol. The summed E-state index contributed by atoms with van der Waals surface area (Å²) in [5.74, 6) is -1.42. The number of carboxylic acids is 1. The molecule has 0 unspecified atom stereocenters. The van der Waals surface area contributed by atoms with E-state index in [4.69, 9.17) is 17.3 Å². The highest BCUT2D eigenvalue weighted by Crippen LogP contribution is 2.33. The van der Waals surface area contributed by atoms with Crippen LogP contribution in [-0.4, -0.2) is 32.2 Å². The fraction of sp³-hybridized carbons (Fsp3) is 0.267. The van der Waals surface area contributed by atoms with E-state index in [0.29, 0.717) is 4.91 Å². The van der Waals surface area contributed by atoms with Crippen molar-refractivity contribution in [2.75, 3.05) is 0 Å². The maximum absolute atomic E-state index is 12.3. The van der Waals surface area contributed by atoms with E-state index >= 15 is 0 Å². The standard InChI is InChI=1S/C15H15NO3S2/c1-3-10-4-6-11(7-5-10)8-12-13(17)16(15(20)21-12)9(2)14(18)19/h4-9H,3H2,1-2H3,(H,18,19)/b12-8+/t9-/m0/s1. The van der Waals surface area contributed by atoms with Crippen LogP contribution in [0.2, 0.25) is 0 Å². The van der Waals surface area contributed by atoms with Crippen LogP contribution >= 0.6 is 24.0 Å². The van der Waals surface area contributed by atoms with E-state index in [1.165, 1.54) is 12.5 Å². The second kappa shape index (κ2) is 6.41. The molecule has 110 valence electrons. The Kier molecular flexibility index (Phi) is 4.80. The Labute approximate surface area is 132 Å². The van der Waals surface area contributed by atoms with Gasteiger partial charge in [0.15, 0.2) is 0 Å². The van der Waals surface area contributed by atoms with Crippen molar-refractivity contribution in [3.8, 4) is 0 Å². The highest BCUT2D eigenvalue weighted by molar-refractivity contribution is 8.26. The molecule has 2 rings (SSSR count). The molecule has 0 aromatic heterocycles. The van der Waals surface area contributed by atoms with E-state index in [1.54, 1.807) is 6.08 Å². The Morgan fingerprint density at radius 1 is 1.43 bits per heavy atom. The zero-order chi connectivity index (χ0) is 15.6. The van der Waals surface area contributed by atoms with E-state index in [0.717, 1.165) is 28.6 Å². The lowest BCUT2D eigenvalue weighted by Gasteiger charge is -2.18. The molecule has 1 aromatic carbocycles. The molecule has 1 N–H and O–H groups in total. The summed E-state index contributed by atoms with van der Waals surface area (Å²) in [7, 11) is 0. The minimum absolute atomic E-state index is 0.284. The van der Waals surface area contributed by atoms with Crippen LogP contribution in [0.15, 0.2) is 29.2 Å². The van der Waals surface area contributed by atoms with Crippen LogP contribution in [0.4, 0.5) is 0 Å². The van der Waals surface area contributed by atoms with Gasteiger partial charge in [-0.3, -0.25) is 9.69 Å². The number of hydrogen-bond acceptors (Lipinski definition) is 4. The molecule has 4 nitrogen and oxygen atoms in total. The minimum Gasteiger partial charge on any atom is -0.480 e. The second-order valence-corrected chi connectivity index (χ2v) is 6.34. The highest BCUT2D eigenvalue weighted by atomic mass is 32.2. The normalized spacial score (nSPS) is 18.4. The average molecular weight is 321 g/mol. The number of carbonyl (C=O) groups excluding carboxylic acids is 1. The molecular formula is C15H15NO3S2. The monoisotopic (exact) mass is 321 g/mol. The zero-order valence-electron chi connectivity index (χ0n) is 11.7. The van der Waals surface area contributed by atoms with Crippen molar-refractivity contribution in [2.45, 2.75) is 26.3 Å². The zero-order valence-corrected chi connectivity index (χ0v) is 13.3. The summed E-state index contributed by atoms with van der Waals surface area (Å²) < 4.78 is 0.284. The summed E-state index contributed by atoms with van der Waals surface area (Å²) in [6.45, 7) is 3.53. The van der Waals surface area contributed by atoms with Crippen LogP contribution in [0, 0.1) is 0 Å². The number of nitrogens with zero attached hydrogens (tertiary/aromatic N) is 1. The highest BCUT2D eigenvalue weighted by Gasteiger charge is 2.38. The summed E-state index contributed by atoms with van der Waals surface area (Å²) in [5.41, 5.74) is 2.12. The number of benzene rings is 1. The summed E-state index contributed by atoms with van der Waals surface area (Å²) in [6, 6.07) is 6.93. The second-order valence-electron chi connectivity index (χ2n) is 4.66. The van der Waals surface area contributed by atoms with Crippen molar-refractivity contribution in [3.05, 3.63) is 40.3 Å². The van der Waals surface area contributed by atoms with Crippen LogP contribution in [0.1, 0.15) is 25.0 Å². The van der Waals surface area contributed by atoms with Crippen molar-refractivity contribution in [3.63, 3.8) is 0 Å². The quantitative estimate of drug-likeness (QED) is 0.682. The number of aryl methyl sites for hydroxylation is 1. The van der Waals surface area contributed by atoms with Crippen LogP contribution in [0.3, 0.4) is 0 Å². The average Bonchev–Trinajstić information content (AvgIpc) is 2.73. The third kappa shape index (κ3) is 3.33. The van der Waals surface area contributed by atoms with Gasteiger partial charge in [-0.05, 0) is 30.5 Å². The van der Waals surface area contributed by atoms with Crippen molar-refractivity contribution >= 4 is 46.3 Å². The third-order valence-corrected chi connectivity index (χ3v) is 4.58. The molecule has 0 saturated carbocycles. The van der Waals surface area contributed by atoms with Gasteiger partial charge in [0.25, 0.3) is 5.91 Å². The molecule has 0 radical (unpaired) electrons. The van der Waals surface area contributed by atoms with Crippen molar-refractivity contribution in [1.82, 2.24) is 4.90 Å². The number of aliphatic carboxylic acids is 1. The number of carboxylic acid groups (broad SMARTS) is 1. The van der Waals surface area contributed by atoms with Gasteiger partial charge in [-0.15, -0.1) is 0 Å². The number of rotatable bonds is 4. The van der Waals surface area contributed by atoms with E-state index in [2.05, 4.69) is 6.92 Å².